The first kappa shape index (κ1) is 17.8. The summed E-state index contributed by atoms with van der Waals surface area (Å²) in [6.07, 6.45) is 0. The SMILES string of the molecule is COc1cc([S@@](=O)C(C)(C)C)c(OC)c(OC)c1C(C)C. The van der Waals surface area contributed by atoms with Gasteiger partial charge in [-0.15, -0.1) is 0 Å². The monoisotopic (exact) mass is 314 g/mol. The predicted molar refractivity (Wildman–Crippen MR) is 86.3 cm³/mol. The maximum absolute atomic E-state index is 12.8. The van der Waals surface area contributed by atoms with Crippen LogP contribution in [0.15, 0.2) is 11.0 Å². The van der Waals surface area contributed by atoms with E-state index in [0.717, 1.165) is 5.56 Å². The number of hydrogen-bond acceptors (Lipinski definition) is 4. The summed E-state index contributed by atoms with van der Waals surface area (Å²) in [4.78, 5) is 0.600. The smallest absolute Gasteiger partial charge is 0.177 e. The first-order valence-electron chi connectivity index (χ1n) is 6.93. The number of methoxy groups -OCH3 is 3. The molecule has 1 aromatic rings. The zero-order valence-corrected chi connectivity index (χ0v) is 15.0. The van der Waals surface area contributed by atoms with E-state index in [-0.39, 0.29) is 5.92 Å². The predicted octanol–water partition coefficient (Wildman–Crippen LogP) is 3.74. The van der Waals surface area contributed by atoms with E-state index in [2.05, 4.69) is 13.8 Å². The van der Waals surface area contributed by atoms with Gasteiger partial charge in [-0.2, -0.15) is 0 Å². The van der Waals surface area contributed by atoms with E-state index < -0.39 is 15.5 Å². The van der Waals surface area contributed by atoms with Gasteiger partial charge in [0.05, 0.1) is 37.0 Å². The van der Waals surface area contributed by atoms with Gasteiger partial charge in [0.25, 0.3) is 0 Å². The summed E-state index contributed by atoms with van der Waals surface area (Å²) in [5, 5.41) is 0. The topological polar surface area (TPSA) is 44.8 Å². The van der Waals surface area contributed by atoms with Crippen LogP contribution in [0.2, 0.25) is 0 Å². The standard InChI is InChI=1S/C16H26O4S/c1-10(2)13-11(18-6)9-12(21(17)16(3,4)5)14(19-7)15(13)20-8/h9-10H,1-8H3/t21-/m1/s1. The van der Waals surface area contributed by atoms with Crippen molar-refractivity contribution in [3.8, 4) is 17.2 Å². The fourth-order valence-electron chi connectivity index (χ4n) is 2.19. The van der Waals surface area contributed by atoms with Crippen molar-refractivity contribution >= 4 is 10.8 Å². The van der Waals surface area contributed by atoms with E-state index >= 15 is 0 Å². The highest BCUT2D eigenvalue weighted by atomic mass is 32.2. The van der Waals surface area contributed by atoms with E-state index in [1.54, 1.807) is 27.4 Å². The molecule has 0 N–H and O–H groups in total. The van der Waals surface area contributed by atoms with Crippen LogP contribution in [0.5, 0.6) is 17.2 Å². The molecule has 0 saturated carbocycles. The molecule has 0 bridgehead atoms. The third-order valence-electron chi connectivity index (χ3n) is 3.16. The minimum Gasteiger partial charge on any atom is -0.496 e. The summed E-state index contributed by atoms with van der Waals surface area (Å²) in [5.74, 6) is 1.99. The third-order valence-corrected chi connectivity index (χ3v) is 4.98. The number of rotatable bonds is 5. The molecule has 0 radical (unpaired) electrons. The lowest BCUT2D eigenvalue weighted by molar-refractivity contribution is 0.334. The van der Waals surface area contributed by atoms with Gasteiger partial charge in [-0.3, -0.25) is 4.21 Å². The molecule has 4 nitrogen and oxygen atoms in total. The summed E-state index contributed by atoms with van der Waals surface area (Å²) in [6, 6.07) is 1.80. The van der Waals surface area contributed by atoms with Crippen molar-refractivity contribution in [1.29, 1.82) is 0 Å². The molecular formula is C16H26O4S. The maximum Gasteiger partial charge on any atom is 0.177 e. The Balaban J connectivity index is 3.71. The van der Waals surface area contributed by atoms with E-state index in [9.17, 15) is 4.21 Å². The van der Waals surface area contributed by atoms with Crippen molar-refractivity contribution in [3.05, 3.63) is 11.6 Å². The van der Waals surface area contributed by atoms with E-state index in [0.29, 0.717) is 22.1 Å². The van der Waals surface area contributed by atoms with Crippen LogP contribution in [0.4, 0.5) is 0 Å². The van der Waals surface area contributed by atoms with Gasteiger partial charge in [0.1, 0.15) is 5.75 Å². The molecule has 0 aliphatic rings. The molecule has 0 unspecified atom stereocenters. The van der Waals surface area contributed by atoms with Crippen molar-refractivity contribution in [3.63, 3.8) is 0 Å². The average molecular weight is 314 g/mol. The van der Waals surface area contributed by atoms with Crippen LogP contribution < -0.4 is 14.2 Å². The maximum atomic E-state index is 12.8. The van der Waals surface area contributed by atoms with E-state index in [4.69, 9.17) is 14.2 Å². The van der Waals surface area contributed by atoms with Gasteiger partial charge in [-0.05, 0) is 26.7 Å². The Kier molecular flexibility index (Phi) is 5.68. The minimum atomic E-state index is -1.24. The Labute approximate surface area is 130 Å². The second-order valence-corrected chi connectivity index (χ2v) is 8.29. The van der Waals surface area contributed by atoms with E-state index in [1.807, 2.05) is 20.8 Å². The van der Waals surface area contributed by atoms with Crippen LogP contribution in [-0.2, 0) is 10.8 Å². The number of benzene rings is 1. The van der Waals surface area contributed by atoms with Crippen molar-refractivity contribution in [2.24, 2.45) is 0 Å². The van der Waals surface area contributed by atoms with Gasteiger partial charge in [0.15, 0.2) is 11.5 Å². The quantitative estimate of drug-likeness (QED) is 0.830. The third kappa shape index (κ3) is 3.51. The Bertz CT molecular complexity index is 530. The van der Waals surface area contributed by atoms with Crippen LogP contribution in [0, 0.1) is 0 Å². The molecule has 0 aliphatic heterocycles. The lowest BCUT2D eigenvalue weighted by Gasteiger charge is -2.24. The first-order valence-corrected chi connectivity index (χ1v) is 8.08. The van der Waals surface area contributed by atoms with Gasteiger partial charge in [0, 0.05) is 16.4 Å². The van der Waals surface area contributed by atoms with Crippen molar-refractivity contribution in [1.82, 2.24) is 0 Å². The lowest BCUT2D eigenvalue weighted by atomic mass is 10.00. The van der Waals surface area contributed by atoms with Gasteiger partial charge < -0.3 is 14.2 Å². The van der Waals surface area contributed by atoms with Gasteiger partial charge in [0.2, 0.25) is 0 Å². The fourth-order valence-corrected chi connectivity index (χ4v) is 3.41. The van der Waals surface area contributed by atoms with E-state index in [1.165, 1.54) is 0 Å². The largest absolute Gasteiger partial charge is 0.496 e. The molecule has 0 fully saturated rings. The molecule has 0 aromatic heterocycles. The van der Waals surface area contributed by atoms with Crippen LogP contribution >= 0.6 is 0 Å². The van der Waals surface area contributed by atoms with Crippen molar-refractivity contribution in [2.45, 2.75) is 50.2 Å². The van der Waals surface area contributed by atoms with Crippen LogP contribution in [0.25, 0.3) is 0 Å². The Hall–Kier alpha value is -1.23. The highest BCUT2D eigenvalue weighted by Gasteiger charge is 2.30. The molecule has 0 spiro atoms. The van der Waals surface area contributed by atoms with Crippen molar-refractivity contribution < 1.29 is 18.4 Å². The molecule has 0 saturated heterocycles. The Morgan fingerprint density at radius 1 is 1.00 bits per heavy atom. The molecule has 0 heterocycles. The average Bonchev–Trinajstić information content (AvgIpc) is 2.42. The van der Waals surface area contributed by atoms with Crippen LogP contribution in [0.3, 0.4) is 0 Å². The molecule has 1 aromatic carbocycles. The molecule has 0 aliphatic carbocycles. The van der Waals surface area contributed by atoms with Crippen LogP contribution in [-0.4, -0.2) is 30.3 Å². The van der Waals surface area contributed by atoms with Crippen LogP contribution in [0.1, 0.15) is 46.1 Å². The molecule has 21 heavy (non-hydrogen) atoms. The summed E-state index contributed by atoms with van der Waals surface area (Å²) < 4.78 is 28.9. The zero-order valence-electron chi connectivity index (χ0n) is 14.2. The van der Waals surface area contributed by atoms with Gasteiger partial charge in [-0.25, -0.2) is 0 Å². The molecule has 5 heteroatoms. The second kappa shape index (κ2) is 6.69. The lowest BCUT2D eigenvalue weighted by Crippen LogP contribution is -2.22. The number of hydrogen-bond donors (Lipinski definition) is 0. The minimum absolute atomic E-state index is 0.195. The summed E-state index contributed by atoms with van der Waals surface area (Å²) in [5.41, 5.74) is 0.923. The molecule has 0 amide bonds. The summed E-state index contributed by atoms with van der Waals surface area (Å²) in [6.45, 7) is 9.90. The number of ether oxygens (including phenoxy) is 3. The molecule has 1 atom stereocenters. The molecule has 1 rings (SSSR count). The Morgan fingerprint density at radius 2 is 1.52 bits per heavy atom. The summed E-state index contributed by atoms with van der Waals surface area (Å²) in [7, 11) is 3.52. The molecular weight excluding hydrogens is 288 g/mol. The second-order valence-electron chi connectivity index (χ2n) is 6.09. The first-order chi connectivity index (χ1) is 9.68. The van der Waals surface area contributed by atoms with Crippen molar-refractivity contribution in [2.75, 3.05) is 21.3 Å². The Morgan fingerprint density at radius 3 is 1.86 bits per heavy atom. The van der Waals surface area contributed by atoms with Gasteiger partial charge >= 0.3 is 0 Å². The molecule has 120 valence electrons. The fraction of sp³-hybridized carbons (Fsp3) is 0.625. The highest BCUT2D eigenvalue weighted by molar-refractivity contribution is 7.86. The summed E-state index contributed by atoms with van der Waals surface area (Å²) >= 11 is 0. The normalized spacial score (nSPS) is 13.2. The zero-order chi connectivity index (χ0) is 16.4. The van der Waals surface area contributed by atoms with Gasteiger partial charge in [-0.1, -0.05) is 13.8 Å². The highest BCUT2D eigenvalue weighted by Crippen LogP contribution is 2.46.